The van der Waals surface area contributed by atoms with Crippen molar-refractivity contribution < 1.29 is 9.84 Å². The monoisotopic (exact) mass is 196 g/mol. The predicted octanol–water partition coefficient (Wildman–Crippen LogP) is 1.68. The van der Waals surface area contributed by atoms with E-state index in [9.17, 15) is 5.11 Å². The van der Waals surface area contributed by atoms with E-state index in [4.69, 9.17) is 24.2 Å². The van der Waals surface area contributed by atoms with Crippen molar-refractivity contribution in [1.29, 1.82) is 0 Å². The summed E-state index contributed by atoms with van der Waals surface area (Å²) in [6.07, 6.45) is 0. The van der Waals surface area contributed by atoms with Gasteiger partial charge in [0.25, 0.3) is 0 Å². The molecular formula is C9H10BClO2. The highest BCUT2D eigenvalue weighted by Gasteiger charge is 2.35. The minimum absolute atomic E-state index is 0. The molecule has 4 heteroatoms. The van der Waals surface area contributed by atoms with Crippen LogP contribution < -0.4 is 4.74 Å². The first-order valence-corrected chi connectivity index (χ1v) is 3.92. The van der Waals surface area contributed by atoms with Crippen molar-refractivity contribution in [2.45, 2.75) is 12.9 Å². The Morgan fingerprint density at radius 3 is 2.85 bits per heavy atom. The number of benzene rings is 1. The number of hydrogen-bond donors (Lipinski definition) is 1. The molecule has 1 aliphatic heterocycles. The smallest absolute Gasteiger partial charge is 0.126 e. The molecule has 0 aliphatic carbocycles. The fourth-order valence-corrected chi connectivity index (χ4v) is 1.63. The Hall–Kier alpha value is -0.665. The van der Waals surface area contributed by atoms with Crippen molar-refractivity contribution in [3.63, 3.8) is 0 Å². The number of aliphatic hydroxyl groups is 1. The molecule has 0 spiro atoms. The molecule has 1 N–H and O–H groups in total. The van der Waals surface area contributed by atoms with Gasteiger partial charge in [-0.25, -0.2) is 0 Å². The van der Waals surface area contributed by atoms with Gasteiger partial charge < -0.3 is 9.84 Å². The zero-order valence-electron chi connectivity index (χ0n) is 6.25. The van der Waals surface area contributed by atoms with E-state index in [-0.39, 0.29) is 14.0 Å². The number of hydrogen-bond acceptors (Lipinski definition) is 2. The molecule has 1 aliphatic rings. The van der Waals surface area contributed by atoms with Crippen LogP contribution in [0.25, 0.3) is 0 Å². The van der Waals surface area contributed by atoms with Gasteiger partial charge in [-0.15, -0.1) is 0 Å². The standard InChI is InChI=1S/C8H6BClO2.CH4/c9-8(11)4-12-6-3-1-2-5(10)7(6)8;/h1-3,11H,4H2;1H4. The Labute approximate surface area is 83.9 Å². The third-order valence-corrected chi connectivity index (χ3v) is 2.17. The minimum atomic E-state index is -1.44. The van der Waals surface area contributed by atoms with Gasteiger partial charge in [-0.05, 0) is 12.1 Å². The highest BCUT2D eigenvalue weighted by molar-refractivity contribution is 6.32. The molecule has 1 atom stereocenters. The summed E-state index contributed by atoms with van der Waals surface area (Å²) in [6, 6.07) is 5.15. The van der Waals surface area contributed by atoms with Gasteiger partial charge in [0.15, 0.2) is 0 Å². The molecule has 1 aromatic carbocycles. The molecule has 13 heavy (non-hydrogen) atoms. The quantitative estimate of drug-likeness (QED) is 0.640. The van der Waals surface area contributed by atoms with Crippen LogP contribution in [-0.2, 0) is 5.50 Å². The van der Waals surface area contributed by atoms with Gasteiger partial charge in [0.05, 0.1) is 5.50 Å². The van der Waals surface area contributed by atoms with Crippen molar-refractivity contribution in [2.24, 2.45) is 0 Å². The molecule has 2 radical (unpaired) electrons. The highest BCUT2D eigenvalue weighted by atomic mass is 35.5. The van der Waals surface area contributed by atoms with E-state index >= 15 is 0 Å². The Morgan fingerprint density at radius 1 is 1.54 bits per heavy atom. The SMILES string of the molecule is C.[B]C1(O)COc2cccc(Cl)c21. The van der Waals surface area contributed by atoms with Gasteiger partial charge in [0.1, 0.15) is 20.2 Å². The normalized spacial score (nSPS) is 24.5. The van der Waals surface area contributed by atoms with Crippen LogP contribution in [0.1, 0.15) is 13.0 Å². The van der Waals surface area contributed by atoms with E-state index in [1.165, 1.54) is 0 Å². The third-order valence-electron chi connectivity index (χ3n) is 1.86. The number of rotatable bonds is 0. The molecule has 0 amide bonds. The van der Waals surface area contributed by atoms with Gasteiger partial charge in [-0.2, -0.15) is 0 Å². The van der Waals surface area contributed by atoms with Crippen LogP contribution in [0.15, 0.2) is 18.2 Å². The van der Waals surface area contributed by atoms with E-state index in [2.05, 4.69) is 0 Å². The lowest BCUT2D eigenvalue weighted by Gasteiger charge is -2.15. The van der Waals surface area contributed by atoms with Crippen LogP contribution in [0.4, 0.5) is 0 Å². The summed E-state index contributed by atoms with van der Waals surface area (Å²) in [5.41, 5.74) is -0.958. The number of ether oxygens (including phenoxy) is 1. The van der Waals surface area contributed by atoms with E-state index in [1.54, 1.807) is 18.2 Å². The third kappa shape index (κ3) is 1.54. The average molecular weight is 196 g/mol. The molecular weight excluding hydrogens is 186 g/mol. The maximum absolute atomic E-state index is 9.60. The molecule has 2 rings (SSSR count). The van der Waals surface area contributed by atoms with Crippen molar-refractivity contribution in [2.75, 3.05) is 6.61 Å². The van der Waals surface area contributed by atoms with Gasteiger partial charge >= 0.3 is 0 Å². The zero-order valence-corrected chi connectivity index (χ0v) is 7.01. The second kappa shape index (κ2) is 3.24. The molecule has 1 unspecified atom stereocenters. The number of fused-ring (bicyclic) bond motifs is 1. The van der Waals surface area contributed by atoms with E-state index < -0.39 is 5.50 Å². The molecule has 0 aromatic heterocycles. The largest absolute Gasteiger partial charge is 0.491 e. The van der Waals surface area contributed by atoms with Crippen LogP contribution in [0.2, 0.25) is 5.02 Å². The molecule has 0 fully saturated rings. The Balaban J connectivity index is 0.000000845. The van der Waals surface area contributed by atoms with E-state index in [0.29, 0.717) is 16.3 Å². The van der Waals surface area contributed by atoms with Crippen molar-refractivity contribution in [3.8, 4) is 5.75 Å². The summed E-state index contributed by atoms with van der Waals surface area (Å²) in [6.45, 7) is 0.0616. The Kier molecular flexibility index (Phi) is 2.59. The molecule has 1 aromatic rings. The second-order valence-corrected chi connectivity index (χ2v) is 3.23. The lowest BCUT2D eigenvalue weighted by molar-refractivity contribution is 0.0970. The molecule has 0 saturated heterocycles. The summed E-state index contributed by atoms with van der Waals surface area (Å²) in [5, 5.41) is 10.0. The summed E-state index contributed by atoms with van der Waals surface area (Å²) in [7, 11) is 5.54. The fourth-order valence-electron chi connectivity index (χ4n) is 1.30. The van der Waals surface area contributed by atoms with Crippen LogP contribution >= 0.6 is 11.6 Å². The first-order chi connectivity index (χ1) is 5.61. The summed E-state index contributed by atoms with van der Waals surface area (Å²) >= 11 is 5.83. The summed E-state index contributed by atoms with van der Waals surface area (Å²) < 4.78 is 5.14. The maximum atomic E-state index is 9.60. The first kappa shape index (κ1) is 10.4. The Bertz CT molecular complexity index is 325. The highest BCUT2D eigenvalue weighted by Crippen LogP contribution is 2.39. The topological polar surface area (TPSA) is 29.5 Å². The van der Waals surface area contributed by atoms with Crippen molar-refractivity contribution in [1.82, 2.24) is 0 Å². The maximum Gasteiger partial charge on any atom is 0.126 e. The minimum Gasteiger partial charge on any atom is -0.491 e. The van der Waals surface area contributed by atoms with Crippen LogP contribution in [0.5, 0.6) is 5.75 Å². The summed E-state index contributed by atoms with van der Waals surface area (Å²) in [4.78, 5) is 0. The fraction of sp³-hybridized carbons (Fsp3) is 0.333. The molecule has 68 valence electrons. The van der Waals surface area contributed by atoms with E-state index in [1.807, 2.05) is 0 Å². The van der Waals surface area contributed by atoms with Gasteiger partial charge in [0.2, 0.25) is 0 Å². The molecule has 0 bridgehead atoms. The van der Waals surface area contributed by atoms with Crippen molar-refractivity contribution in [3.05, 3.63) is 28.8 Å². The second-order valence-electron chi connectivity index (χ2n) is 2.83. The molecule has 1 heterocycles. The van der Waals surface area contributed by atoms with Crippen LogP contribution in [0.3, 0.4) is 0 Å². The molecule has 2 nitrogen and oxygen atoms in total. The lowest BCUT2D eigenvalue weighted by Crippen LogP contribution is -2.27. The van der Waals surface area contributed by atoms with Gasteiger partial charge in [-0.1, -0.05) is 25.1 Å². The average Bonchev–Trinajstić information content (AvgIpc) is 2.29. The van der Waals surface area contributed by atoms with Crippen LogP contribution in [-0.4, -0.2) is 19.6 Å². The lowest BCUT2D eigenvalue weighted by atomic mass is 9.77. The molecule has 0 saturated carbocycles. The number of halogens is 1. The van der Waals surface area contributed by atoms with Crippen molar-refractivity contribution >= 4 is 19.4 Å². The first-order valence-electron chi connectivity index (χ1n) is 3.54. The van der Waals surface area contributed by atoms with Crippen LogP contribution in [0, 0.1) is 0 Å². The van der Waals surface area contributed by atoms with Gasteiger partial charge in [0, 0.05) is 10.6 Å². The predicted molar refractivity (Wildman–Crippen MR) is 53.3 cm³/mol. The Morgan fingerprint density at radius 2 is 2.23 bits per heavy atom. The van der Waals surface area contributed by atoms with E-state index in [0.717, 1.165) is 0 Å². The zero-order chi connectivity index (χ0) is 8.77. The van der Waals surface area contributed by atoms with Gasteiger partial charge in [-0.3, -0.25) is 0 Å². The summed E-state index contributed by atoms with van der Waals surface area (Å²) in [5.74, 6) is 0.563.